The molecule has 8 nitrogen and oxygen atoms in total. The molecule has 0 saturated carbocycles. The van der Waals surface area contributed by atoms with Gasteiger partial charge in [-0.3, -0.25) is 9.59 Å². The maximum atomic E-state index is 12.2. The van der Waals surface area contributed by atoms with E-state index in [4.69, 9.17) is 10.5 Å². The Balaban J connectivity index is 1.82. The van der Waals surface area contributed by atoms with Gasteiger partial charge in [0.2, 0.25) is 11.8 Å². The minimum Gasteiger partial charge on any atom is -0.497 e. The first-order chi connectivity index (χ1) is 13.9. The molecule has 2 aromatic carbocycles. The maximum absolute atomic E-state index is 12.2. The topological polar surface area (TPSA) is 131 Å². The molecule has 0 spiro atoms. The number of aliphatic carboxylic acids is 1. The van der Waals surface area contributed by atoms with Crippen LogP contribution < -0.4 is 21.1 Å². The van der Waals surface area contributed by atoms with Crippen molar-refractivity contribution in [3.05, 3.63) is 65.7 Å². The molecular weight excluding hydrogens is 374 g/mol. The van der Waals surface area contributed by atoms with Crippen molar-refractivity contribution >= 4 is 17.8 Å². The van der Waals surface area contributed by atoms with Crippen molar-refractivity contribution < 1.29 is 24.2 Å². The molecule has 0 aliphatic heterocycles. The van der Waals surface area contributed by atoms with Gasteiger partial charge in [-0.1, -0.05) is 42.5 Å². The van der Waals surface area contributed by atoms with Crippen molar-refractivity contribution in [3.8, 4) is 5.75 Å². The normalized spacial score (nSPS) is 12.5. The van der Waals surface area contributed by atoms with Gasteiger partial charge >= 0.3 is 5.97 Å². The van der Waals surface area contributed by atoms with E-state index in [9.17, 15) is 19.5 Å². The summed E-state index contributed by atoms with van der Waals surface area (Å²) in [6, 6.07) is 13.9. The predicted octanol–water partition coefficient (Wildman–Crippen LogP) is 0.841. The average Bonchev–Trinajstić information content (AvgIpc) is 2.72. The molecule has 2 amide bonds. The van der Waals surface area contributed by atoms with Crippen molar-refractivity contribution in [1.29, 1.82) is 0 Å². The van der Waals surface area contributed by atoms with Gasteiger partial charge in [0.25, 0.3) is 0 Å². The molecule has 2 rings (SSSR count). The number of methoxy groups -OCH3 is 1. The smallest absolute Gasteiger partial charge is 0.326 e. The van der Waals surface area contributed by atoms with E-state index in [0.717, 1.165) is 11.1 Å². The summed E-state index contributed by atoms with van der Waals surface area (Å²) in [4.78, 5) is 35.7. The van der Waals surface area contributed by atoms with Gasteiger partial charge in [0.1, 0.15) is 11.8 Å². The standard InChI is InChI=1S/C21H25N3O5/c1-29-16-9-7-15(8-10-16)13-23-20(26)17(22)12-19(25)24-18(21(27)28)11-14-5-3-2-4-6-14/h2-10,17-18H,11-13,22H2,1H3,(H,23,26)(H,24,25)(H,27,28)/t17-,18-/m0/s1. The van der Waals surface area contributed by atoms with Crippen LogP contribution >= 0.6 is 0 Å². The number of hydrogen-bond donors (Lipinski definition) is 4. The van der Waals surface area contributed by atoms with Crippen LogP contribution in [0.3, 0.4) is 0 Å². The molecule has 29 heavy (non-hydrogen) atoms. The lowest BCUT2D eigenvalue weighted by molar-refractivity contribution is -0.141. The zero-order valence-corrected chi connectivity index (χ0v) is 16.1. The summed E-state index contributed by atoms with van der Waals surface area (Å²) < 4.78 is 5.07. The van der Waals surface area contributed by atoms with Gasteiger partial charge in [-0.05, 0) is 23.3 Å². The summed E-state index contributed by atoms with van der Waals surface area (Å²) in [5.41, 5.74) is 7.42. The molecule has 154 valence electrons. The van der Waals surface area contributed by atoms with Gasteiger partial charge in [0.15, 0.2) is 0 Å². The van der Waals surface area contributed by atoms with Crippen molar-refractivity contribution in [2.75, 3.05) is 7.11 Å². The number of benzene rings is 2. The number of carbonyl (C=O) groups excluding carboxylic acids is 2. The summed E-state index contributed by atoms with van der Waals surface area (Å²) in [6.45, 7) is 0.254. The first-order valence-corrected chi connectivity index (χ1v) is 9.11. The van der Waals surface area contributed by atoms with Crippen molar-refractivity contribution in [2.45, 2.75) is 31.5 Å². The Morgan fingerprint density at radius 1 is 1.03 bits per heavy atom. The predicted molar refractivity (Wildman–Crippen MR) is 107 cm³/mol. The molecule has 0 bridgehead atoms. The zero-order valence-electron chi connectivity index (χ0n) is 16.1. The molecule has 0 aliphatic carbocycles. The second kappa shape index (κ2) is 10.8. The number of carboxylic acids is 1. The highest BCUT2D eigenvalue weighted by Crippen LogP contribution is 2.11. The molecule has 0 saturated heterocycles. The largest absolute Gasteiger partial charge is 0.497 e. The lowest BCUT2D eigenvalue weighted by Gasteiger charge is -2.17. The molecular formula is C21H25N3O5. The van der Waals surface area contributed by atoms with Crippen molar-refractivity contribution in [3.63, 3.8) is 0 Å². The molecule has 0 fully saturated rings. The van der Waals surface area contributed by atoms with E-state index in [1.165, 1.54) is 0 Å². The molecule has 0 unspecified atom stereocenters. The first kappa shape index (κ1) is 21.9. The van der Waals surface area contributed by atoms with Crippen LogP contribution in [0.5, 0.6) is 5.75 Å². The molecule has 5 N–H and O–H groups in total. The van der Waals surface area contributed by atoms with Gasteiger partial charge in [-0.2, -0.15) is 0 Å². The Morgan fingerprint density at radius 2 is 1.69 bits per heavy atom. The number of ether oxygens (including phenoxy) is 1. The van der Waals surface area contributed by atoms with E-state index in [0.29, 0.717) is 5.75 Å². The second-order valence-electron chi connectivity index (χ2n) is 6.52. The van der Waals surface area contributed by atoms with Crippen LogP contribution in [0, 0.1) is 0 Å². The number of carboxylic acid groups (broad SMARTS) is 1. The maximum Gasteiger partial charge on any atom is 0.326 e. The Kier molecular flexibility index (Phi) is 8.17. The van der Waals surface area contributed by atoms with Crippen LogP contribution in [0.1, 0.15) is 17.5 Å². The Morgan fingerprint density at radius 3 is 2.28 bits per heavy atom. The van der Waals surface area contributed by atoms with Gasteiger partial charge in [-0.15, -0.1) is 0 Å². The van der Waals surface area contributed by atoms with Crippen molar-refractivity contribution in [2.24, 2.45) is 5.73 Å². The summed E-state index contributed by atoms with van der Waals surface area (Å²) in [5, 5.41) is 14.4. The molecule has 2 aromatic rings. The monoisotopic (exact) mass is 399 g/mol. The lowest BCUT2D eigenvalue weighted by Crippen LogP contribution is -2.47. The summed E-state index contributed by atoms with van der Waals surface area (Å²) in [6.07, 6.45) is -0.173. The fraction of sp³-hybridized carbons (Fsp3) is 0.286. The Bertz CT molecular complexity index is 824. The number of nitrogens with two attached hydrogens (primary N) is 1. The minimum atomic E-state index is -1.15. The first-order valence-electron chi connectivity index (χ1n) is 9.11. The lowest BCUT2D eigenvalue weighted by atomic mass is 10.1. The fourth-order valence-corrected chi connectivity index (χ4v) is 2.66. The van der Waals surface area contributed by atoms with E-state index in [1.54, 1.807) is 55.6 Å². The quantitative estimate of drug-likeness (QED) is 0.468. The van der Waals surface area contributed by atoms with Crippen LogP contribution in [0.25, 0.3) is 0 Å². The van der Waals surface area contributed by atoms with Crippen LogP contribution in [-0.2, 0) is 27.3 Å². The van der Waals surface area contributed by atoms with Gasteiger partial charge in [0.05, 0.1) is 19.6 Å². The Hall–Kier alpha value is -3.39. The van der Waals surface area contributed by atoms with Gasteiger partial charge in [0, 0.05) is 13.0 Å². The zero-order chi connectivity index (χ0) is 21.2. The highest BCUT2D eigenvalue weighted by atomic mass is 16.5. The van der Waals surface area contributed by atoms with Crippen LogP contribution in [0.2, 0.25) is 0 Å². The van der Waals surface area contributed by atoms with Crippen LogP contribution in [0.4, 0.5) is 0 Å². The third-order valence-corrected chi connectivity index (χ3v) is 4.28. The summed E-state index contributed by atoms with van der Waals surface area (Å²) in [7, 11) is 1.57. The Labute approximate surface area is 169 Å². The van der Waals surface area contributed by atoms with E-state index < -0.39 is 29.9 Å². The highest BCUT2D eigenvalue weighted by molar-refractivity contribution is 5.90. The molecule has 0 heterocycles. The number of hydrogen-bond acceptors (Lipinski definition) is 5. The van der Waals surface area contributed by atoms with Gasteiger partial charge < -0.3 is 26.2 Å². The number of rotatable bonds is 10. The van der Waals surface area contributed by atoms with E-state index in [2.05, 4.69) is 10.6 Å². The molecule has 0 aromatic heterocycles. The van der Waals surface area contributed by atoms with E-state index >= 15 is 0 Å². The van der Waals surface area contributed by atoms with Gasteiger partial charge in [-0.25, -0.2) is 4.79 Å². The van der Waals surface area contributed by atoms with Crippen LogP contribution in [0.15, 0.2) is 54.6 Å². The minimum absolute atomic E-state index is 0.140. The number of carbonyl (C=O) groups is 3. The molecule has 0 radical (unpaired) electrons. The average molecular weight is 399 g/mol. The molecule has 0 aliphatic rings. The summed E-state index contributed by atoms with van der Waals surface area (Å²) >= 11 is 0. The summed E-state index contributed by atoms with van der Waals surface area (Å²) in [5.74, 6) is -1.54. The molecule has 2 atom stereocenters. The molecule has 8 heteroatoms. The second-order valence-corrected chi connectivity index (χ2v) is 6.52. The van der Waals surface area contributed by atoms with Crippen molar-refractivity contribution in [1.82, 2.24) is 10.6 Å². The van der Waals surface area contributed by atoms with E-state index in [-0.39, 0.29) is 19.4 Å². The fourth-order valence-electron chi connectivity index (χ4n) is 2.66. The third kappa shape index (κ3) is 7.27. The number of nitrogens with one attached hydrogen (secondary N) is 2. The van der Waals surface area contributed by atoms with Crippen LogP contribution in [-0.4, -0.2) is 42.1 Å². The highest BCUT2D eigenvalue weighted by Gasteiger charge is 2.23. The van der Waals surface area contributed by atoms with E-state index in [1.807, 2.05) is 6.07 Å². The third-order valence-electron chi connectivity index (χ3n) is 4.28. The number of amides is 2. The SMILES string of the molecule is COc1ccc(CNC(=O)[C@@H](N)CC(=O)N[C@@H](Cc2ccccc2)C(=O)O)cc1.